The summed E-state index contributed by atoms with van der Waals surface area (Å²) in [6.07, 6.45) is 0. The summed E-state index contributed by atoms with van der Waals surface area (Å²) >= 11 is 1.56. The highest BCUT2D eigenvalue weighted by Crippen LogP contribution is 2.34. The van der Waals surface area contributed by atoms with Crippen LogP contribution in [0, 0.1) is 20.8 Å². The number of thiazole rings is 1. The molecule has 3 heterocycles. The number of nitrogens with zero attached hydrogens (tertiary/aromatic N) is 6. The molecule has 3 aromatic heterocycles. The van der Waals surface area contributed by atoms with E-state index in [1.54, 1.807) is 20.9 Å². The fraction of sp³-hybridized carbons (Fsp3) is 0.417. The molecule has 4 aromatic rings. The fourth-order valence-corrected chi connectivity index (χ4v) is 5.04. The van der Waals surface area contributed by atoms with Gasteiger partial charge in [0.05, 0.1) is 28.1 Å². The van der Waals surface area contributed by atoms with Crippen LogP contribution >= 0.6 is 11.3 Å². The Hall–Kier alpha value is -3.00. The van der Waals surface area contributed by atoms with E-state index >= 15 is 0 Å². The van der Waals surface area contributed by atoms with E-state index in [2.05, 4.69) is 42.2 Å². The van der Waals surface area contributed by atoms with Crippen molar-refractivity contribution in [1.29, 1.82) is 0 Å². The third kappa shape index (κ3) is 4.19. The third-order valence-corrected chi connectivity index (χ3v) is 6.64. The minimum atomic E-state index is -0.0841. The maximum atomic E-state index is 13.7. The lowest BCUT2D eigenvalue weighted by atomic mass is 10.0. The molecule has 0 aliphatic heterocycles. The summed E-state index contributed by atoms with van der Waals surface area (Å²) in [5.41, 5.74) is 5.65. The zero-order valence-corrected chi connectivity index (χ0v) is 20.4. The van der Waals surface area contributed by atoms with Crippen molar-refractivity contribution in [2.45, 2.75) is 60.5 Å². The second-order valence-electron chi connectivity index (χ2n) is 8.44. The van der Waals surface area contributed by atoms with Crippen molar-refractivity contribution < 1.29 is 4.79 Å². The highest BCUT2D eigenvalue weighted by atomic mass is 32.1. The standard InChI is InChI=1S/C24H30N6OS/c1-7-29-20(14-17(5)26-29)23(31)28(11-12-30-18(6)13-16(4)27-30)24-25-22-19(15(2)3)9-8-10-21(22)32-24/h8-10,13-15H,7,11-12H2,1-6H3. The Kier molecular flexibility index (Phi) is 6.15. The molecule has 7 nitrogen and oxygen atoms in total. The fourth-order valence-electron chi connectivity index (χ4n) is 4.02. The lowest BCUT2D eigenvalue weighted by Crippen LogP contribution is -2.35. The normalized spacial score (nSPS) is 11.6. The molecule has 8 heteroatoms. The van der Waals surface area contributed by atoms with Crippen LogP contribution in [-0.4, -0.2) is 37.0 Å². The lowest BCUT2D eigenvalue weighted by molar-refractivity contribution is 0.0975. The van der Waals surface area contributed by atoms with E-state index in [9.17, 15) is 4.79 Å². The molecule has 4 rings (SSSR count). The number of hydrogen-bond acceptors (Lipinski definition) is 5. The van der Waals surface area contributed by atoms with Gasteiger partial charge in [-0.15, -0.1) is 0 Å². The number of amides is 1. The van der Waals surface area contributed by atoms with Crippen molar-refractivity contribution in [2.24, 2.45) is 0 Å². The Morgan fingerprint density at radius 3 is 2.47 bits per heavy atom. The van der Waals surface area contributed by atoms with Crippen LogP contribution in [0.25, 0.3) is 10.2 Å². The Morgan fingerprint density at radius 2 is 1.81 bits per heavy atom. The van der Waals surface area contributed by atoms with Crippen molar-refractivity contribution in [3.63, 3.8) is 0 Å². The van der Waals surface area contributed by atoms with Gasteiger partial charge in [0, 0.05) is 18.8 Å². The molecular formula is C24H30N6OS. The Bertz CT molecular complexity index is 1260. The molecule has 0 aliphatic carbocycles. The molecule has 32 heavy (non-hydrogen) atoms. The summed E-state index contributed by atoms with van der Waals surface area (Å²) in [6, 6.07) is 10.2. The third-order valence-electron chi connectivity index (χ3n) is 5.60. The lowest BCUT2D eigenvalue weighted by Gasteiger charge is -2.20. The summed E-state index contributed by atoms with van der Waals surface area (Å²) in [5, 5.41) is 9.76. The molecule has 1 amide bonds. The van der Waals surface area contributed by atoms with E-state index in [1.807, 2.05) is 44.5 Å². The summed E-state index contributed by atoms with van der Waals surface area (Å²) in [4.78, 5) is 20.5. The largest absolute Gasteiger partial charge is 0.281 e. The van der Waals surface area contributed by atoms with Crippen molar-refractivity contribution >= 4 is 32.6 Å². The van der Waals surface area contributed by atoms with Gasteiger partial charge in [0.25, 0.3) is 5.91 Å². The first-order valence-corrected chi connectivity index (χ1v) is 11.9. The number of benzene rings is 1. The quantitative estimate of drug-likeness (QED) is 0.393. The number of para-hydroxylation sites is 1. The number of carbonyl (C=O) groups excluding carboxylic acids is 1. The minimum absolute atomic E-state index is 0.0841. The SMILES string of the molecule is CCn1nc(C)cc1C(=O)N(CCn1nc(C)cc1C)c1nc2c(C(C)C)cccc2s1. The van der Waals surface area contributed by atoms with E-state index in [1.165, 1.54) is 5.56 Å². The van der Waals surface area contributed by atoms with Gasteiger partial charge in [-0.3, -0.25) is 19.1 Å². The van der Waals surface area contributed by atoms with E-state index in [0.29, 0.717) is 36.4 Å². The first-order valence-electron chi connectivity index (χ1n) is 11.0. The molecular weight excluding hydrogens is 420 g/mol. The smallest absolute Gasteiger partial charge is 0.278 e. The van der Waals surface area contributed by atoms with Crippen molar-refractivity contribution in [3.05, 3.63) is 58.7 Å². The average molecular weight is 451 g/mol. The summed E-state index contributed by atoms with van der Waals surface area (Å²) in [7, 11) is 0. The molecule has 0 fully saturated rings. The van der Waals surface area contributed by atoms with Gasteiger partial charge in [-0.1, -0.05) is 37.3 Å². The highest BCUT2D eigenvalue weighted by Gasteiger charge is 2.25. The summed E-state index contributed by atoms with van der Waals surface area (Å²) < 4.78 is 4.81. The van der Waals surface area contributed by atoms with Gasteiger partial charge in [-0.2, -0.15) is 10.2 Å². The molecule has 0 aliphatic rings. The van der Waals surface area contributed by atoms with Gasteiger partial charge in [0.1, 0.15) is 5.69 Å². The van der Waals surface area contributed by atoms with E-state index in [0.717, 1.165) is 27.3 Å². The molecule has 168 valence electrons. The Morgan fingerprint density at radius 1 is 1.09 bits per heavy atom. The number of anilines is 1. The minimum Gasteiger partial charge on any atom is -0.281 e. The molecule has 0 saturated carbocycles. The number of carbonyl (C=O) groups is 1. The van der Waals surface area contributed by atoms with Gasteiger partial charge in [-0.05, 0) is 57.4 Å². The van der Waals surface area contributed by atoms with Crippen LogP contribution in [0.4, 0.5) is 5.13 Å². The van der Waals surface area contributed by atoms with Crippen molar-refractivity contribution in [3.8, 4) is 0 Å². The van der Waals surface area contributed by atoms with Crippen LogP contribution in [0.15, 0.2) is 30.3 Å². The molecule has 0 unspecified atom stereocenters. The average Bonchev–Trinajstić information content (AvgIpc) is 3.43. The summed E-state index contributed by atoms with van der Waals surface area (Å²) in [6.45, 7) is 14.0. The van der Waals surface area contributed by atoms with Gasteiger partial charge in [0.15, 0.2) is 5.13 Å². The highest BCUT2D eigenvalue weighted by molar-refractivity contribution is 7.22. The predicted octanol–water partition coefficient (Wildman–Crippen LogP) is 5.10. The maximum Gasteiger partial charge on any atom is 0.278 e. The van der Waals surface area contributed by atoms with Crippen LogP contribution in [0.2, 0.25) is 0 Å². The molecule has 0 saturated heterocycles. The number of aromatic nitrogens is 5. The Labute approximate surface area is 192 Å². The van der Waals surface area contributed by atoms with Gasteiger partial charge in [0.2, 0.25) is 0 Å². The van der Waals surface area contributed by atoms with E-state index < -0.39 is 0 Å². The first-order chi connectivity index (χ1) is 15.3. The molecule has 0 radical (unpaired) electrons. The molecule has 0 N–H and O–H groups in total. The molecule has 0 atom stereocenters. The number of aryl methyl sites for hydroxylation is 4. The zero-order chi connectivity index (χ0) is 23.0. The van der Waals surface area contributed by atoms with Crippen LogP contribution < -0.4 is 4.90 Å². The van der Waals surface area contributed by atoms with Gasteiger partial charge >= 0.3 is 0 Å². The van der Waals surface area contributed by atoms with Gasteiger partial charge in [-0.25, -0.2) is 4.98 Å². The predicted molar refractivity (Wildman–Crippen MR) is 130 cm³/mol. The Balaban J connectivity index is 1.76. The van der Waals surface area contributed by atoms with E-state index in [-0.39, 0.29) is 5.91 Å². The van der Waals surface area contributed by atoms with Crippen LogP contribution in [0.1, 0.15) is 59.8 Å². The number of rotatable bonds is 7. The first kappa shape index (κ1) is 22.2. The van der Waals surface area contributed by atoms with Gasteiger partial charge < -0.3 is 0 Å². The molecule has 1 aromatic carbocycles. The van der Waals surface area contributed by atoms with Crippen molar-refractivity contribution in [2.75, 3.05) is 11.4 Å². The van der Waals surface area contributed by atoms with Crippen molar-refractivity contribution in [1.82, 2.24) is 24.5 Å². The van der Waals surface area contributed by atoms with Crippen LogP contribution in [0.3, 0.4) is 0 Å². The molecule has 0 spiro atoms. The monoisotopic (exact) mass is 450 g/mol. The number of fused-ring (bicyclic) bond motifs is 1. The molecule has 0 bridgehead atoms. The van der Waals surface area contributed by atoms with E-state index in [4.69, 9.17) is 4.98 Å². The zero-order valence-electron chi connectivity index (χ0n) is 19.6. The number of hydrogen-bond donors (Lipinski definition) is 0. The maximum absolute atomic E-state index is 13.7. The second kappa shape index (κ2) is 8.86. The van der Waals surface area contributed by atoms with Crippen LogP contribution in [0.5, 0.6) is 0 Å². The second-order valence-corrected chi connectivity index (χ2v) is 9.45. The summed E-state index contributed by atoms with van der Waals surface area (Å²) in [5.74, 6) is 0.274. The van der Waals surface area contributed by atoms with Crippen LogP contribution in [-0.2, 0) is 13.1 Å². The topological polar surface area (TPSA) is 68.8 Å².